The number of hydrogen-bond donors (Lipinski definition) is 0. The van der Waals surface area contributed by atoms with Crippen LogP contribution >= 0.6 is 9.58 Å². The number of aromatic nitrogens is 3. The molecule has 0 aliphatic carbocycles. The normalized spacial score (nSPS) is 9.94. The number of hydrogen-bond acceptors (Lipinski definition) is 3. The van der Waals surface area contributed by atoms with Crippen LogP contribution in [0.2, 0.25) is 0 Å². The molecular weight excluding hydrogens is 670 g/mol. The van der Waals surface area contributed by atoms with Gasteiger partial charge in [-0.2, -0.15) is 0 Å². The molecule has 0 N–H and O–H groups in total. The predicted molar refractivity (Wildman–Crippen MR) is 126 cm³/mol. The van der Waals surface area contributed by atoms with Crippen molar-refractivity contribution in [3.8, 4) is 33.9 Å². The Bertz CT molecular complexity index is 1300. The fourth-order valence-electron chi connectivity index (χ4n) is 3.02. The molecule has 3 heterocycles. The Morgan fingerprint density at radius 2 is 1.00 bits per heavy atom. The summed E-state index contributed by atoms with van der Waals surface area (Å²) in [4.78, 5) is 12.5. The Balaban J connectivity index is 0.000000217. The molecule has 5 rings (SSSR count). The molecule has 0 atom stereocenters. The molecule has 3 aromatic heterocycles. The maximum atomic E-state index is 13.8. The van der Waals surface area contributed by atoms with Crippen LogP contribution in [0, 0.1) is 35.4 Å². The minimum Gasteiger partial charge on any atom is -0.255 e. The van der Waals surface area contributed by atoms with Gasteiger partial charge in [-0.15, -0.1) is 24.3 Å². The second-order valence-electron chi connectivity index (χ2n) is 6.92. The van der Waals surface area contributed by atoms with E-state index in [1.165, 1.54) is 36.1 Å². The largest absolute Gasteiger partial charge is 0.255 e. The van der Waals surface area contributed by atoms with Crippen LogP contribution in [0.4, 0.5) is 17.6 Å². The topological polar surface area (TPSA) is 38.7 Å². The van der Waals surface area contributed by atoms with E-state index in [0.29, 0.717) is 12.1 Å². The van der Waals surface area contributed by atoms with E-state index in [0.717, 1.165) is 23.5 Å². The minimum atomic E-state index is -0.826. The summed E-state index contributed by atoms with van der Waals surface area (Å²) in [5.41, 5.74) is 2.08. The second kappa shape index (κ2) is 13.6. The fourth-order valence-corrected chi connectivity index (χ4v) is 3.02. The van der Waals surface area contributed by atoms with E-state index in [-0.39, 0.29) is 22.5 Å². The third-order valence-corrected chi connectivity index (χ3v) is 4.57. The molecule has 0 saturated heterocycles. The van der Waals surface area contributed by atoms with Gasteiger partial charge in [0.15, 0.2) is 0 Å². The van der Waals surface area contributed by atoms with Crippen molar-refractivity contribution < 1.29 is 35.5 Å². The maximum Gasteiger partial charge on any atom is 0.0886 e. The SMILES string of the molecule is Fc1c[c-]c(-c2cccc(-c3[c-]cc(F)cc3F)n2)c(F)c1.[Cl][Ir+2].c1ccc(-c2ccccn2)nc1. The smallest absolute Gasteiger partial charge is 0.0886 e. The molecule has 0 aliphatic heterocycles. The molecule has 0 bridgehead atoms. The third kappa shape index (κ3) is 7.28. The summed E-state index contributed by atoms with van der Waals surface area (Å²) in [6.07, 6.45) is 3.54. The van der Waals surface area contributed by atoms with E-state index >= 15 is 0 Å². The summed E-state index contributed by atoms with van der Waals surface area (Å²) in [6.45, 7) is 0. The molecule has 2 aromatic carbocycles. The van der Waals surface area contributed by atoms with E-state index in [1.54, 1.807) is 12.4 Å². The molecule has 182 valence electrons. The van der Waals surface area contributed by atoms with Crippen molar-refractivity contribution in [1.82, 2.24) is 15.0 Å². The van der Waals surface area contributed by atoms with Crippen LogP contribution in [-0.2, 0) is 17.9 Å². The molecule has 0 fully saturated rings. The number of pyridine rings is 3. The van der Waals surface area contributed by atoms with E-state index in [4.69, 9.17) is 0 Å². The Morgan fingerprint density at radius 3 is 1.36 bits per heavy atom. The van der Waals surface area contributed by atoms with Gasteiger partial charge in [0.1, 0.15) is 0 Å². The van der Waals surface area contributed by atoms with Crippen molar-refractivity contribution >= 4 is 9.58 Å². The predicted octanol–water partition coefficient (Wildman–Crippen LogP) is 7.40. The molecule has 36 heavy (non-hydrogen) atoms. The molecular formula is C27H15ClF4IrN3. The summed E-state index contributed by atoms with van der Waals surface area (Å²) in [5, 5.41) is 0. The van der Waals surface area contributed by atoms with Gasteiger partial charge < -0.3 is 4.98 Å². The van der Waals surface area contributed by atoms with Gasteiger partial charge in [-0.1, -0.05) is 53.6 Å². The van der Waals surface area contributed by atoms with Crippen molar-refractivity contribution in [2.24, 2.45) is 0 Å². The molecule has 0 saturated carbocycles. The van der Waals surface area contributed by atoms with Gasteiger partial charge >= 0.3 is 27.5 Å². The zero-order chi connectivity index (χ0) is 25.9. The molecule has 5 aromatic rings. The van der Waals surface area contributed by atoms with Crippen molar-refractivity contribution in [2.75, 3.05) is 0 Å². The summed E-state index contributed by atoms with van der Waals surface area (Å²) in [5.74, 6) is -3.16. The summed E-state index contributed by atoms with van der Waals surface area (Å²) in [7, 11) is 4.64. The number of rotatable bonds is 3. The molecule has 3 nitrogen and oxygen atoms in total. The van der Waals surface area contributed by atoms with Crippen molar-refractivity contribution in [3.05, 3.63) is 127 Å². The quantitative estimate of drug-likeness (QED) is 0.147. The first-order chi connectivity index (χ1) is 17.5. The van der Waals surface area contributed by atoms with Gasteiger partial charge in [0.2, 0.25) is 0 Å². The Kier molecular flexibility index (Phi) is 10.2. The molecule has 0 aliphatic rings. The molecule has 0 amide bonds. The first kappa shape index (κ1) is 27.1. The van der Waals surface area contributed by atoms with Crippen LogP contribution in [0.1, 0.15) is 0 Å². The monoisotopic (exact) mass is 685 g/mol. The average Bonchev–Trinajstić information content (AvgIpc) is 2.91. The maximum absolute atomic E-state index is 13.8. The van der Waals surface area contributed by atoms with Gasteiger partial charge in [-0.25, -0.2) is 0 Å². The van der Waals surface area contributed by atoms with Crippen LogP contribution in [0.3, 0.4) is 0 Å². The van der Waals surface area contributed by atoms with Crippen LogP contribution in [0.25, 0.3) is 33.9 Å². The van der Waals surface area contributed by atoms with E-state index in [1.807, 2.05) is 36.4 Å². The second-order valence-corrected chi connectivity index (χ2v) is 6.92. The van der Waals surface area contributed by atoms with Crippen LogP contribution in [0.15, 0.2) is 91.3 Å². The van der Waals surface area contributed by atoms with Gasteiger partial charge in [0, 0.05) is 35.7 Å². The van der Waals surface area contributed by atoms with E-state index in [2.05, 4.69) is 36.7 Å². The van der Waals surface area contributed by atoms with Crippen molar-refractivity contribution in [2.45, 2.75) is 0 Å². The van der Waals surface area contributed by atoms with Crippen molar-refractivity contribution in [1.29, 1.82) is 0 Å². The Morgan fingerprint density at radius 1 is 0.583 bits per heavy atom. The Labute approximate surface area is 220 Å². The number of halogens is 5. The summed E-state index contributed by atoms with van der Waals surface area (Å²) < 4.78 is 53.4. The first-order valence-corrected chi connectivity index (χ1v) is 13.1. The molecule has 0 radical (unpaired) electrons. The standard InChI is InChI=1S/C17H7F4N.C10H8N2.ClH.Ir/c18-10-4-6-12(14(20)8-10)16-2-1-3-17(22-16)13-7-5-11(19)9-15(13)21;1-3-7-11-9(5-1)10-6-2-4-8-12-10;;/h1-5,8-9H;1-8H;1H;/q-2;;;+3/p-1. The van der Waals surface area contributed by atoms with Gasteiger partial charge in [-0.05, 0) is 35.7 Å². The summed E-state index contributed by atoms with van der Waals surface area (Å²) in [6, 6.07) is 24.4. The summed E-state index contributed by atoms with van der Waals surface area (Å²) >= 11 is 1.47. The molecule has 0 spiro atoms. The van der Waals surface area contributed by atoms with Crippen molar-refractivity contribution in [3.63, 3.8) is 0 Å². The van der Waals surface area contributed by atoms with Crippen LogP contribution < -0.4 is 0 Å². The first-order valence-electron chi connectivity index (χ1n) is 10.2. The van der Waals surface area contributed by atoms with Gasteiger partial charge in [0.05, 0.1) is 11.4 Å². The van der Waals surface area contributed by atoms with E-state index < -0.39 is 23.3 Å². The minimum absolute atomic E-state index is 0.0363. The van der Waals surface area contributed by atoms with Crippen LogP contribution in [0.5, 0.6) is 0 Å². The van der Waals surface area contributed by atoms with E-state index in [9.17, 15) is 17.6 Å². The van der Waals surface area contributed by atoms with Crippen LogP contribution in [-0.4, -0.2) is 15.0 Å². The zero-order valence-electron chi connectivity index (χ0n) is 18.2. The molecule has 0 unspecified atom stereocenters. The Hall–Kier alpha value is -3.45. The van der Waals surface area contributed by atoms with Gasteiger partial charge in [0.25, 0.3) is 0 Å². The number of nitrogens with zero attached hydrogens (tertiary/aromatic N) is 3. The third-order valence-electron chi connectivity index (χ3n) is 4.57. The average molecular weight is 685 g/mol. The molecule has 9 heteroatoms. The van der Waals surface area contributed by atoms with Gasteiger partial charge in [-0.3, -0.25) is 27.5 Å². The number of benzene rings is 2. The fraction of sp³-hybridized carbons (Fsp3) is 0. The zero-order valence-corrected chi connectivity index (χ0v) is 21.4.